The topological polar surface area (TPSA) is 0 Å². The van der Waals surface area contributed by atoms with Crippen molar-refractivity contribution < 1.29 is 0 Å². The maximum Gasteiger partial charge on any atom is -0.0134 e. The fraction of sp³-hybridized carbons (Fsp3) is 0.913. The Morgan fingerprint density at radius 3 is 1.96 bits per heavy atom. The van der Waals surface area contributed by atoms with Gasteiger partial charge in [-0.15, -0.1) is 0 Å². The Morgan fingerprint density at radius 1 is 0.696 bits per heavy atom. The molecule has 0 nitrogen and oxygen atoms in total. The average molecular weight is 309 g/mol. The fourth-order valence-electron chi connectivity index (χ4n) is 11.9. The van der Waals surface area contributed by atoms with Gasteiger partial charge in [0, 0.05) is 0 Å². The van der Waals surface area contributed by atoms with Gasteiger partial charge in [-0.3, -0.25) is 0 Å². The van der Waals surface area contributed by atoms with Gasteiger partial charge < -0.3 is 0 Å². The van der Waals surface area contributed by atoms with Crippen molar-refractivity contribution in [2.75, 3.05) is 0 Å². The van der Waals surface area contributed by atoms with E-state index in [4.69, 9.17) is 0 Å². The van der Waals surface area contributed by atoms with E-state index in [1.54, 1.807) is 25.7 Å². The standard InChI is InChI=1S/C23H32/c1-20-12-8-9-13(10-12)21(20,2)19-17-11-16(18(19)20)22(3)14-6-5-7-15(14)23(17,22)4/h5-6,12-19H,7-11H2,1-4H3. The second-order valence-electron chi connectivity index (χ2n) is 11.6. The zero-order chi connectivity index (χ0) is 15.6. The van der Waals surface area contributed by atoms with Gasteiger partial charge in [-0.2, -0.15) is 0 Å². The molecule has 0 N–H and O–H groups in total. The van der Waals surface area contributed by atoms with Crippen molar-refractivity contribution in [3.63, 3.8) is 0 Å². The number of rotatable bonds is 0. The smallest absolute Gasteiger partial charge is 0.0134 e. The molecule has 0 radical (unpaired) electrons. The number of fused-ring (bicyclic) bond motifs is 18. The molecule has 0 aromatic rings. The van der Waals surface area contributed by atoms with Crippen LogP contribution in [0.4, 0.5) is 0 Å². The molecule has 12 unspecified atom stereocenters. The second kappa shape index (κ2) is 3.12. The van der Waals surface area contributed by atoms with E-state index < -0.39 is 0 Å². The average Bonchev–Trinajstić information content (AvgIpc) is 3.30. The Hall–Kier alpha value is -0.260. The third-order valence-electron chi connectivity index (χ3n) is 12.8. The summed E-state index contributed by atoms with van der Waals surface area (Å²) in [6, 6.07) is 0. The molecule has 7 rings (SSSR count). The Labute approximate surface area is 141 Å². The SMILES string of the molecule is CC12C3C=CCC3C1(C)C1CC2C2C1C1(C)C3CCC(C3)C21C. The van der Waals surface area contributed by atoms with E-state index in [-0.39, 0.29) is 0 Å². The highest BCUT2D eigenvalue weighted by atomic mass is 14.9. The van der Waals surface area contributed by atoms with Gasteiger partial charge in [-0.05, 0) is 101 Å². The molecule has 7 aliphatic carbocycles. The highest BCUT2D eigenvalue weighted by molar-refractivity contribution is 5.40. The van der Waals surface area contributed by atoms with Crippen LogP contribution in [0.5, 0.6) is 0 Å². The molecular formula is C23H32. The largest absolute Gasteiger partial charge is 0.0879 e. The van der Waals surface area contributed by atoms with Gasteiger partial charge in [-0.25, -0.2) is 0 Å². The van der Waals surface area contributed by atoms with Gasteiger partial charge in [0.25, 0.3) is 0 Å². The minimum Gasteiger partial charge on any atom is -0.0879 e. The van der Waals surface area contributed by atoms with Crippen LogP contribution in [-0.4, -0.2) is 0 Å². The molecule has 4 bridgehead atoms. The van der Waals surface area contributed by atoms with Gasteiger partial charge >= 0.3 is 0 Å². The van der Waals surface area contributed by atoms with Gasteiger partial charge in [-0.1, -0.05) is 39.8 Å². The summed E-state index contributed by atoms with van der Waals surface area (Å²) in [7, 11) is 0. The van der Waals surface area contributed by atoms with Crippen LogP contribution in [-0.2, 0) is 0 Å². The maximum atomic E-state index is 2.77. The predicted molar refractivity (Wildman–Crippen MR) is 92.6 cm³/mol. The lowest BCUT2D eigenvalue weighted by atomic mass is 9.24. The van der Waals surface area contributed by atoms with E-state index in [0.29, 0.717) is 10.8 Å². The van der Waals surface area contributed by atoms with E-state index >= 15 is 0 Å². The first-order chi connectivity index (χ1) is 10.9. The Morgan fingerprint density at radius 2 is 1.30 bits per heavy atom. The highest BCUT2D eigenvalue weighted by Gasteiger charge is 2.90. The van der Waals surface area contributed by atoms with Crippen molar-refractivity contribution in [2.24, 2.45) is 69.0 Å². The lowest BCUT2D eigenvalue weighted by Crippen LogP contribution is -2.76. The molecule has 0 heterocycles. The van der Waals surface area contributed by atoms with Crippen LogP contribution in [0.25, 0.3) is 0 Å². The number of hydrogen-bond acceptors (Lipinski definition) is 0. The van der Waals surface area contributed by atoms with E-state index in [1.807, 2.05) is 0 Å². The first-order valence-electron chi connectivity index (χ1n) is 10.6. The quantitative estimate of drug-likeness (QED) is 0.407. The van der Waals surface area contributed by atoms with Crippen LogP contribution in [0.2, 0.25) is 0 Å². The molecule has 0 amide bonds. The predicted octanol–water partition coefficient (Wildman–Crippen LogP) is 5.54. The van der Waals surface area contributed by atoms with Crippen LogP contribution >= 0.6 is 0 Å². The van der Waals surface area contributed by atoms with E-state index in [0.717, 1.165) is 58.2 Å². The van der Waals surface area contributed by atoms with Crippen molar-refractivity contribution in [3.8, 4) is 0 Å². The number of allylic oxidation sites excluding steroid dienone is 2. The summed E-state index contributed by atoms with van der Waals surface area (Å²) in [5.41, 5.74) is 2.78. The summed E-state index contributed by atoms with van der Waals surface area (Å²) >= 11 is 0. The van der Waals surface area contributed by atoms with Crippen molar-refractivity contribution in [3.05, 3.63) is 12.2 Å². The molecule has 0 spiro atoms. The molecule has 7 aliphatic rings. The van der Waals surface area contributed by atoms with Crippen LogP contribution in [0.3, 0.4) is 0 Å². The Balaban J connectivity index is 1.42. The molecule has 0 aromatic heterocycles. The summed E-state index contributed by atoms with van der Waals surface area (Å²) in [6.45, 7) is 11.0. The van der Waals surface area contributed by atoms with Gasteiger partial charge in [0.2, 0.25) is 0 Å². The lowest BCUT2D eigenvalue weighted by molar-refractivity contribution is -0.330. The molecule has 124 valence electrons. The van der Waals surface area contributed by atoms with Crippen molar-refractivity contribution >= 4 is 0 Å². The van der Waals surface area contributed by atoms with Crippen LogP contribution in [0, 0.1) is 69.0 Å². The van der Waals surface area contributed by atoms with Gasteiger partial charge in [0.1, 0.15) is 0 Å². The first-order valence-corrected chi connectivity index (χ1v) is 10.6. The second-order valence-corrected chi connectivity index (χ2v) is 11.6. The molecule has 6 fully saturated rings. The van der Waals surface area contributed by atoms with Crippen molar-refractivity contribution in [2.45, 2.75) is 59.8 Å². The lowest BCUT2D eigenvalue weighted by Gasteiger charge is -2.80. The fourth-order valence-corrected chi connectivity index (χ4v) is 11.9. The van der Waals surface area contributed by atoms with Gasteiger partial charge in [0.05, 0.1) is 0 Å². The van der Waals surface area contributed by atoms with E-state index in [2.05, 4.69) is 39.8 Å². The van der Waals surface area contributed by atoms with Crippen LogP contribution < -0.4 is 0 Å². The first kappa shape index (κ1) is 13.0. The number of hydrogen-bond donors (Lipinski definition) is 0. The molecule has 23 heavy (non-hydrogen) atoms. The summed E-state index contributed by atoms with van der Waals surface area (Å²) in [5.74, 6) is 8.46. The van der Waals surface area contributed by atoms with Crippen LogP contribution in [0.15, 0.2) is 12.2 Å². The van der Waals surface area contributed by atoms with Crippen LogP contribution in [0.1, 0.15) is 59.8 Å². The monoisotopic (exact) mass is 308 g/mol. The summed E-state index contributed by atoms with van der Waals surface area (Å²) in [5, 5.41) is 0. The molecule has 0 heteroatoms. The Kier molecular flexibility index (Phi) is 1.77. The summed E-state index contributed by atoms with van der Waals surface area (Å²) in [6.07, 6.45) is 12.9. The van der Waals surface area contributed by atoms with E-state index in [9.17, 15) is 0 Å². The minimum absolute atomic E-state index is 0.655. The van der Waals surface area contributed by atoms with Crippen molar-refractivity contribution in [1.29, 1.82) is 0 Å². The molecular weight excluding hydrogens is 276 g/mol. The van der Waals surface area contributed by atoms with E-state index in [1.165, 1.54) is 6.42 Å². The zero-order valence-corrected chi connectivity index (χ0v) is 15.3. The third kappa shape index (κ3) is 0.835. The summed E-state index contributed by atoms with van der Waals surface area (Å²) in [4.78, 5) is 0. The normalized spacial score (nSPS) is 78.1. The Bertz CT molecular complexity index is 676. The minimum atomic E-state index is 0.655. The molecule has 0 saturated heterocycles. The zero-order valence-electron chi connectivity index (χ0n) is 15.3. The van der Waals surface area contributed by atoms with Gasteiger partial charge in [0.15, 0.2) is 0 Å². The summed E-state index contributed by atoms with van der Waals surface area (Å²) < 4.78 is 0. The highest BCUT2D eigenvalue weighted by Crippen LogP contribution is 2.95. The van der Waals surface area contributed by atoms with Crippen molar-refractivity contribution in [1.82, 2.24) is 0 Å². The molecule has 0 aliphatic heterocycles. The third-order valence-corrected chi connectivity index (χ3v) is 12.8. The molecule has 0 aromatic carbocycles. The molecule has 12 atom stereocenters. The molecule has 6 saturated carbocycles. The maximum absolute atomic E-state index is 2.77.